The molecule has 0 spiro atoms. The summed E-state index contributed by atoms with van der Waals surface area (Å²) in [6.07, 6.45) is 2.18. The van der Waals surface area contributed by atoms with Crippen molar-refractivity contribution in [2.45, 2.75) is 40.5 Å². The maximum Gasteiger partial charge on any atom is 0.280 e. The van der Waals surface area contributed by atoms with E-state index in [4.69, 9.17) is 0 Å². The molecular weight excluding hydrogens is 288 g/mol. The Morgan fingerprint density at radius 1 is 1.29 bits per heavy atom. The van der Waals surface area contributed by atoms with Gasteiger partial charge in [0.25, 0.3) is 5.91 Å². The molecule has 0 saturated heterocycles. The molecular formula is C15H24N2O3S. The average Bonchev–Trinajstić information content (AvgIpc) is 2.69. The number of unbranched alkanes of at least 4 members (excludes halogenated alkanes) is 1. The molecule has 0 bridgehead atoms. The predicted molar refractivity (Wildman–Crippen MR) is 82.9 cm³/mol. The Labute approximate surface area is 130 Å². The number of likely N-dealkylation sites (N-methyl/N-ethyl adjacent to an activating group) is 1. The number of aryl methyl sites for hydroxylation is 1. The van der Waals surface area contributed by atoms with Gasteiger partial charge in [0.15, 0.2) is 6.54 Å². The Balaban J connectivity index is 2.75. The molecule has 1 unspecified atom stereocenters. The number of quaternary nitrogens is 1. The third-order valence-electron chi connectivity index (χ3n) is 3.64. The van der Waals surface area contributed by atoms with Gasteiger partial charge in [0.2, 0.25) is 0 Å². The second kappa shape index (κ2) is 8.14. The van der Waals surface area contributed by atoms with Gasteiger partial charge in [0.05, 0.1) is 19.1 Å². The second-order valence-electron chi connectivity index (χ2n) is 5.21. The van der Waals surface area contributed by atoms with Gasteiger partial charge in [-0.2, -0.15) is 0 Å². The van der Waals surface area contributed by atoms with E-state index in [1.807, 2.05) is 13.8 Å². The van der Waals surface area contributed by atoms with E-state index < -0.39 is 5.97 Å². The summed E-state index contributed by atoms with van der Waals surface area (Å²) in [4.78, 5) is 25.4. The fraction of sp³-hybridized carbons (Fsp3) is 0.600. The summed E-state index contributed by atoms with van der Waals surface area (Å²) in [5, 5.41) is 14.3. The highest BCUT2D eigenvalue weighted by molar-refractivity contribution is 7.16. The number of amides is 1. The molecule has 0 fully saturated rings. The molecule has 0 aliphatic carbocycles. The lowest BCUT2D eigenvalue weighted by Gasteiger charge is -2.17. The first-order valence-corrected chi connectivity index (χ1v) is 8.17. The molecule has 6 heteroatoms. The summed E-state index contributed by atoms with van der Waals surface area (Å²) < 4.78 is 0. The largest absolute Gasteiger partial charge is 0.545 e. The molecule has 21 heavy (non-hydrogen) atoms. The maximum absolute atomic E-state index is 12.1. The zero-order valence-electron chi connectivity index (χ0n) is 13.2. The van der Waals surface area contributed by atoms with Gasteiger partial charge >= 0.3 is 0 Å². The Morgan fingerprint density at radius 2 is 1.95 bits per heavy atom. The summed E-state index contributed by atoms with van der Waals surface area (Å²) in [6, 6.07) is 0. The van der Waals surface area contributed by atoms with Crippen molar-refractivity contribution in [3.8, 4) is 0 Å². The molecule has 1 atom stereocenters. The smallest absolute Gasteiger partial charge is 0.280 e. The van der Waals surface area contributed by atoms with Crippen molar-refractivity contribution in [1.29, 1.82) is 0 Å². The fourth-order valence-electron chi connectivity index (χ4n) is 2.18. The van der Waals surface area contributed by atoms with Gasteiger partial charge in [-0.25, -0.2) is 0 Å². The van der Waals surface area contributed by atoms with Crippen LogP contribution in [0.1, 0.15) is 47.5 Å². The number of nitrogens with one attached hydrogen (secondary N) is 2. The van der Waals surface area contributed by atoms with Crippen LogP contribution in [0.15, 0.2) is 0 Å². The zero-order chi connectivity index (χ0) is 16.0. The maximum atomic E-state index is 12.1. The Kier molecular flexibility index (Phi) is 6.84. The number of hydrogen-bond donors (Lipinski definition) is 2. The molecule has 0 saturated carbocycles. The molecule has 1 rings (SSSR count). The standard InChI is InChI=1S/C15H24N2O3S/c1-5-7-8-17(6-2)9-12(18)16-14-13(15(19)20)10(3)11(4)21-14/h5-9H2,1-4H3,(H,16,18)(H,19,20). The van der Waals surface area contributed by atoms with Crippen molar-refractivity contribution in [2.75, 3.05) is 25.0 Å². The van der Waals surface area contributed by atoms with Gasteiger partial charge in [0.1, 0.15) is 5.00 Å². The number of carboxylic acids is 1. The summed E-state index contributed by atoms with van der Waals surface area (Å²) in [5.41, 5.74) is 0.776. The number of hydrogen-bond acceptors (Lipinski definition) is 4. The third kappa shape index (κ3) is 4.82. The van der Waals surface area contributed by atoms with E-state index in [0.29, 0.717) is 17.1 Å². The van der Waals surface area contributed by atoms with E-state index in [2.05, 4.69) is 12.2 Å². The minimum absolute atomic E-state index is 0.109. The first-order valence-electron chi connectivity index (χ1n) is 7.35. The number of anilines is 1. The second-order valence-corrected chi connectivity index (χ2v) is 6.43. The van der Waals surface area contributed by atoms with Crippen LogP contribution < -0.4 is 15.3 Å². The van der Waals surface area contributed by atoms with Gasteiger partial charge < -0.3 is 20.1 Å². The monoisotopic (exact) mass is 312 g/mol. The molecule has 1 amide bonds. The van der Waals surface area contributed by atoms with Crippen molar-refractivity contribution < 1.29 is 19.6 Å². The van der Waals surface area contributed by atoms with Crippen LogP contribution in [0.3, 0.4) is 0 Å². The van der Waals surface area contributed by atoms with Crippen molar-refractivity contribution in [3.05, 3.63) is 16.0 Å². The minimum Gasteiger partial charge on any atom is -0.545 e. The van der Waals surface area contributed by atoms with Crippen molar-refractivity contribution in [2.24, 2.45) is 0 Å². The van der Waals surface area contributed by atoms with Crippen LogP contribution in [0.5, 0.6) is 0 Å². The Hall–Kier alpha value is -1.40. The Bertz CT molecular complexity index is 511. The number of rotatable bonds is 8. The van der Waals surface area contributed by atoms with Crippen LogP contribution in [0.4, 0.5) is 5.00 Å². The van der Waals surface area contributed by atoms with Gasteiger partial charge in [-0.05, 0) is 32.8 Å². The molecule has 0 aliphatic rings. The van der Waals surface area contributed by atoms with E-state index in [-0.39, 0.29) is 11.5 Å². The number of carboxylic acid groups (broad SMARTS) is 1. The van der Waals surface area contributed by atoms with Crippen LogP contribution in [-0.2, 0) is 4.79 Å². The SMILES string of the molecule is CCCC[NH+](CC)CC(=O)Nc1sc(C)c(C)c1C(=O)[O-]. The number of aromatic carboxylic acids is 1. The van der Waals surface area contributed by atoms with Gasteiger partial charge in [-0.1, -0.05) is 13.3 Å². The zero-order valence-corrected chi connectivity index (χ0v) is 14.0. The van der Waals surface area contributed by atoms with Crippen LogP contribution in [0.2, 0.25) is 0 Å². The molecule has 0 aromatic carbocycles. The predicted octanol–water partition coefficient (Wildman–Crippen LogP) is 0.372. The molecule has 2 N–H and O–H groups in total. The molecule has 1 heterocycles. The van der Waals surface area contributed by atoms with E-state index in [9.17, 15) is 14.7 Å². The first kappa shape index (κ1) is 17.7. The van der Waals surface area contributed by atoms with E-state index in [1.165, 1.54) is 16.2 Å². The third-order valence-corrected chi connectivity index (χ3v) is 4.76. The van der Waals surface area contributed by atoms with Crippen LogP contribution in [0, 0.1) is 13.8 Å². The first-order chi connectivity index (χ1) is 9.90. The lowest BCUT2D eigenvalue weighted by atomic mass is 10.1. The molecule has 0 radical (unpaired) electrons. The highest BCUT2D eigenvalue weighted by atomic mass is 32.1. The fourth-order valence-corrected chi connectivity index (χ4v) is 3.24. The van der Waals surface area contributed by atoms with E-state index in [1.54, 1.807) is 6.92 Å². The van der Waals surface area contributed by atoms with Crippen LogP contribution in [-0.4, -0.2) is 31.5 Å². The molecule has 0 aliphatic heterocycles. The lowest BCUT2D eigenvalue weighted by molar-refractivity contribution is -0.890. The average molecular weight is 312 g/mol. The van der Waals surface area contributed by atoms with Crippen LogP contribution in [0.25, 0.3) is 0 Å². The quantitative estimate of drug-likeness (QED) is 0.728. The highest BCUT2D eigenvalue weighted by Crippen LogP contribution is 2.31. The van der Waals surface area contributed by atoms with Crippen LogP contribution >= 0.6 is 11.3 Å². The van der Waals surface area contributed by atoms with Gasteiger partial charge in [0, 0.05) is 10.4 Å². The Morgan fingerprint density at radius 3 is 2.48 bits per heavy atom. The van der Waals surface area contributed by atoms with Crippen molar-refractivity contribution in [3.63, 3.8) is 0 Å². The van der Waals surface area contributed by atoms with Crippen molar-refractivity contribution in [1.82, 2.24) is 0 Å². The van der Waals surface area contributed by atoms with E-state index in [0.717, 1.165) is 30.8 Å². The summed E-state index contributed by atoms with van der Waals surface area (Å²) in [7, 11) is 0. The minimum atomic E-state index is -1.24. The van der Waals surface area contributed by atoms with Crippen molar-refractivity contribution >= 4 is 28.2 Å². The van der Waals surface area contributed by atoms with Gasteiger partial charge in [-0.15, -0.1) is 11.3 Å². The summed E-state index contributed by atoms with van der Waals surface area (Å²) >= 11 is 1.29. The normalized spacial score (nSPS) is 12.2. The lowest BCUT2D eigenvalue weighted by Crippen LogP contribution is -3.12. The number of carbonyl (C=O) groups is 2. The van der Waals surface area contributed by atoms with Gasteiger partial charge in [-0.3, -0.25) is 4.79 Å². The topological polar surface area (TPSA) is 73.7 Å². The molecule has 1 aromatic rings. The summed E-state index contributed by atoms with van der Waals surface area (Å²) in [5.74, 6) is -1.38. The number of carbonyl (C=O) groups excluding carboxylic acids is 2. The number of thiophene rings is 1. The molecule has 118 valence electrons. The highest BCUT2D eigenvalue weighted by Gasteiger charge is 2.18. The molecule has 1 aromatic heterocycles. The van der Waals surface area contributed by atoms with E-state index >= 15 is 0 Å². The summed E-state index contributed by atoms with van der Waals surface area (Å²) in [6.45, 7) is 9.93. The molecule has 5 nitrogen and oxygen atoms in total.